The first-order valence-corrected chi connectivity index (χ1v) is 19.3. The van der Waals surface area contributed by atoms with Gasteiger partial charge in [-0.15, -0.1) is 5.54 Å². The van der Waals surface area contributed by atoms with E-state index in [1.807, 2.05) is 0 Å². The molecule has 1 heterocycles. The first-order valence-electron chi connectivity index (χ1n) is 17.3. The highest BCUT2D eigenvalue weighted by Gasteiger charge is 2.51. The van der Waals surface area contributed by atoms with E-state index in [2.05, 4.69) is 218 Å². The number of benzene rings is 6. The molecule has 0 spiro atoms. The second kappa shape index (κ2) is 14.1. The third-order valence-electron chi connectivity index (χ3n) is 9.53. The minimum absolute atomic E-state index is 0.984. The molecule has 1 aliphatic carbocycles. The van der Waals surface area contributed by atoms with Gasteiger partial charge < -0.3 is 0 Å². The molecule has 0 radical (unpaired) electrons. The molecular formula is C49H36Si. The molecule has 0 N–H and O–H groups in total. The third-order valence-corrected chi connectivity index (χ3v) is 13.8. The highest BCUT2D eigenvalue weighted by Crippen LogP contribution is 2.55. The van der Waals surface area contributed by atoms with Crippen molar-refractivity contribution in [2.24, 2.45) is 0 Å². The van der Waals surface area contributed by atoms with Gasteiger partial charge in [-0.05, 0) is 78.7 Å². The van der Waals surface area contributed by atoms with E-state index in [0.717, 1.165) is 17.5 Å². The summed E-state index contributed by atoms with van der Waals surface area (Å²) >= 11 is 0. The maximum atomic E-state index is 4.18. The standard InChI is InChI=1S/C49H36Si/c1-6-23-41(24-7-1)46-47(42-25-8-2-9-26-42)49(44-29-12-4-13-30-44)50(45-31-14-5-15-32-45,48(46)43-27-10-3-11-28-43)36-35-40-22-18-21-39(37-40)34-33-38-19-16-17-20-38/h1-19,21-34,37H,20H2/b34-33+. The predicted octanol–water partition coefficient (Wildman–Crippen LogP) is 11.1. The molecule has 1 heteroatoms. The quantitative estimate of drug-likeness (QED) is 0.119. The van der Waals surface area contributed by atoms with Crippen molar-refractivity contribution in [3.63, 3.8) is 0 Å². The summed E-state index contributed by atoms with van der Waals surface area (Å²) < 4.78 is 0. The zero-order valence-electron chi connectivity index (χ0n) is 27.8. The van der Waals surface area contributed by atoms with Crippen LogP contribution in [0.4, 0.5) is 0 Å². The summed E-state index contributed by atoms with van der Waals surface area (Å²) in [4.78, 5) is 0. The van der Waals surface area contributed by atoms with Crippen LogP contribution in [0.3, 0.4) is 0 Å². The summed E-state index contributed by atoms with van der Waals surface area (Å²) in [7, 11) is -3.12. The third kappa shape index (κ3) is 5.99. The predicted molar refractivity (Wildman–Crippen MR) is 215 cm³/mol. The molecule has 0 bridgehead atoms. The fourth-order valence-electron chi connectivity index (χ4n) is 7.32. The van der Waals surface area contributed by atoms with E-state index in [0.29, 0.717) is 0 Å². The van der Waals surface area contributed by atoms with Gasteiger partial charge >= 0.3 is 0 Å². The zero-order chi connectivity index (χ0) is 33.6. The SMILES string of the molecule is C(#C[Si]1(c2ccccc2)C(c2ccccc2)=C(c2ccccc2)C(c2ccccc2)=C1c1ccccc1)c1cccc(/C=C/C2=CC=CC2)c1. The highest BCUT2D eigenvalue weighted by atomic mass is 28.3. The first-order chi connectivity index (χ1) is 24.8. The summed E-state index contributed by atoms with van der Waals surface area (Å²) in [5.41, 5.74) is 15.0. The second-order valence-corrected chi connectivity index (χ2v) is 16.0. The van der Waals surface area contributed by atoms with Gasteiger partial charge in [0, 0.05) is 5.56 Å². The van der Waals surface area contributed by atoms with Gasteiger partial charge in [-0.1, -0.05) is 200 Å². The van der Waals surface area contributed by atoms with Crippen molar-refractivity contribution in [3.8, 4) is 11.5 Å². The minimum Gasteiger partial charge on any atom is -0.109 e. The van der Waals surface area contributed by atoms with Crippen molar-refractivity contribution >= 4 is 40.9 Å². The Labute approximate surface area is 296 Å². The molecule has 2 aliphatic rings. The lowest BCUT2D eigenvalue weighted by atomic mass is 9.89. The van der Waals surface area contributed by atoms with E-state index in [1.165, 1.54) is 54.6 Å². The minimum atomic E-state index is -3.12. The number of hydrogen-bond acceptors (Lipinski definition) is 0. The maximum absolute atomic E-state index is 4.18. The smallest absolute Gasteiger partial charge is 0.109 e. The molecule has 0 atom stereocenters. The fraction of sp³-hybridized carbons (Fsp3) is 0.0204. The lowest BCUT2D eigenvalue weighted by Crippen LogP contribution is -2.49. The Balaban J connectivity index is 1.49. The van der Waals surface area contributed by atoms with E-state index in [9.17, 15) is 0 Å². The van der Waals surface area contributed by atoms with Gasteiger partial charge in [0.1, 0.15) is 0 Å². The van der Waals surface area contributed by atoms with Gasteiger partial charge in [0.15, 0.2) is 0 Å². The van der Waals surface area contributed by atoms with Gasteiger partial charge in [-0.25, -0.2) is 0 Å². The molecule has 0 aromatic heterocycles. The van der Waals surface area contributed by atoms with Crippen molar-refractivity contribution in [1.82, 2.24) is 0 Å². The van der Waals surface area contributed by atoms with Gasteiger partial charge in [-0.3, -0.25) is 0 Å². The number of hydrogen-bond donors (Lipinski definition) is 0. The fourth-order valence-corrected chi connectivity index (χ4v) is 12.1. The Morgan fingerprint density at radius 3 is 1.48 bits per heavy atom. The van der Waals surface area contributed by atoms with Crippen LogP contribution in [0.1, 0.15) is 39.8 Å². The van der Waals surface area contributed by atoms with Gasteiger partial charge in [0.05, 0.1) is 0 Å². The number of rotatable bonds is 7. The summed E-state index contributed by atoms with van der Waals surface area (Å²) in [6.45, 7) is 0. The average Bonchev–Trinajstić information content (AvgIpc) is 3.83. The van der Waals surface area contributed by atoms with E-state index in [-0.39, 0.29) is 0 Å². The summed E-state index contributed by atoms with van der Waals surface area (Å²) in [5.74, 6) is 3.82. The van der Waals surface area contributed by atoms with Crippen molar-refractivity contribution in [2.75, 3.05) is 0 Å². The lowest BCUT2D eigenvalue weighted by Gasteiger charge is -2.30. The van der Waals surface area contributed by atoms with E-state index >= 15 is 0 Å². The Morgan fingerprint density at radius 1 is 0.480 bits per heavy atom. The van der Waals surface area contributed by atoms with E-state index in [4.69, 9.17) is 0 Å². The molecular weight excluding hydrogens is 617 g/mol. The second-order valence-electron chi connectivity index (χ2n) is 12.7. The molecule has 0 nitrogen and oxygen atoms in total. The Morgan fingerprint density at radius 2 is 0.980 bits per heavy atom. The molecule has 0 fully saturated rings. The highest BCUT2D eigenvalue weighted by molar-refractivity contribution is 7.26. The molecule has 8 rings (SSSR count). The molecule has 0 saturated carbocycles. The van der Waals surface area contributed by atoms with Crippen LogP contribution in [0.2, 0.25) is 0 Å². The van der Waals surface area contributed by atoms with Crippen LogP contribution in [-0.2, 0) is 0 Å². The molecule has 6 aromatic carbocycles. The maximum Gasteiger partial charge on any atom is 0.232 e. The zero-order valence-corrected chi connectivity index (χ0v) is 28.8. The summed E-state index contributed by atoms with van der Waals surface area (Å²) in [5, 5.41) is 3.94. The average molecular weight is 653 g/mol. The van der Waals surface area contributed by atoms with Crippen LogP contribution in [0.25, 0.3) is 27.6 Å². The first kappa shape index (κ1) is 31.1. The monoisotopic (exact) mass is 652 g/mol. The van der Waals surface area contributed by atoms with Crippen LogP contribution in [0, 0.1) is 11.5 Å². The normalized spacial score (nSPS) is 14.9. The van der Waals surface area contributed by atoms with Gasteiger partial charge in [-0.2, -0.15) is 0 Å². The van der Waals surface area contributed by atoms with E-state index in [1.54, 1.807) is 0 Å². The van der Waals surface area contributed by atoms with Crippen LogP contribution in [0.15, 0.2) is 206 Å². The van der Waals surface area contributed by atoms with Crippen LogP contribution in [-0.4, -0.2) is 8.07 Å². The molecule has 236 valence electrons. The van der Waals surface area contributed by atoms with Crippen molar-refractivity contribution in [1.29, 1.82) is 0 Å². The Bertz CT molecular complexity index is 2250. The Hall–Kier alpha value is -6.20. The topological polar surface area (TPSA) is 0 Å². The molecule has 1 aliphatic heterocycles. The molecule has 50 heavy (non-hydrogen) atoms. The Kier molecular flexibility index (Phi) is 8.77. The summed E-state index contributed by atoms with van der Waals surface area (Å²) in [6.07, 6.45) is 11.9. The molecule has 0 unspecified atom stereocenters. The summed E-state index contributed by atoms with van der Waals surface area (Å²) in [6, 6.07) is 63.6. The van der Waals surface area contributed by atoms with Crippen molar-refractivity contribution in [2.45, 2.75) is 6.42 Å². The lowest BCUT2D eigenvalue weighted by molar-refractivity contribution is 1.34. The van der Waals surface area contributed by atoms with Crippen LogP contribution in [0.5, 0.6) is 0 Å². The molecule has 0 amide bonds. The van der Waals surface area contributed by atoms with Gasteiger partial charge in [0.25, 0.3) is 0 Å². The largest absolute Gasteiger partial charge is 0.232 e. The molecule has 6 aromatic rings. The number of allylic oxidation sites excluding steroid dienone is 7. The van der Waals surface area contributed by atoms with Crippen molar-refractivity contribution < 1.29 is 0 Å². The molecule has 0 saturated heterocycles. The van der Waals surface area contributed by atoms with E-state index < -0.39 is 8.07 Å². The van der Waals surface area contributed by atoms with Crippen molar-refractivity contribution in [3.05, 3.63) is 239 Å². The van der Waals surface area contributed by atoms with Crippen LogP contribution >= 0.6 is 0 Å². The van der Waals surface area contributed by atoms with Crippen LogP contribution < -0.4 is 5.19 Å². The van der Waals surface area contributed by atoms with Gasteiger partial charge in [0.2, 0.25) is 8.07 Å².